The van der Waals surface area contributed by atoms with Gasteiger partial charge in [-0.1, -0.05) is 12.8 Å². The number of piperidine rings is 1. The summed E-state index contributed by atoms with van der Waals surface area (Å²) in [5.41, 5.74) is 6.57. The fourth-order valence-corrected chi connectivity index (χ4v) is 5.25. The number of nitrogens with zero attached hydrogens (tertiary/aromatic N) is 2. The van der Waals surface area contributed by atoms with Gasteiger partial charge >= 0.3 is 0 Å². The zero-order valence-electron chi connectivity index (χ0n) is 14.8. The maximum absolute atomic E-state index is 11.6. The molecule has 2 saturated carbocycles. The SMILES string of the molecule is CO[C@]1(c2ccnc(C(N)=O)c2)[C@@H]2CCC[C@H]1CN(C1CCC1)C2.Cl. The normalized spacial score (nSPS) is 32.5. The molecular weight excluding hydrogens is 338 g/mol. The van der Waals surface area contributed by atoms with E-state index < -0.39 is 5.91 Å². The summed E-state index contributed by atoms with van der Waals surface area (Å²) in [7, 11) is 1.83. The predicted octanol–water partition coefficient (Wildman–Crippen LogP) is 2.73. The van der Waals surface area contributed by atoms with Crippen LogP contribution in [-0.4, -0.2) is 42.0 Å². The molecule has 3 aliphatic rings. The van der Waals surface area contributed by atoms with Crippen LogP contribution in [0.4, 0.5) is 0 Å². The molecule has 1 saturated heterocycles. The fourth-order valence-electron chi connectivity index (χ4n) is 5.25. The Labute approximate surface area is 155 Å². The maximum Gasteiger partial charge on any atom is 0.267 e. The number of methoxy groups -OCH3 is 1. The molecule has 4 rings (SSSR count). The third-order valence-electron chi connectivity index (χ3n) is 6.62. The van der Waals surface area contributed by atoms with Crippen LogP contribution in [0.25, 0.3) is 0 Å². The van der Waals surface area contributed by atoms with E-state index >= 15 is 0 Å². The Morgan fingerprint density at radius 1 is 1.24 bits per heavy atom. The predicted molar refractivity (Wildman–Crippen MR) is 98.7 cm³/mol. The molecule has 0 aromatic carbocycles. The number of likely N-dealkylation sites (tertiary alicyclic amines) is 1. The zero-order valence-corrected chi connectivity index (χ0v) is 15.6. The maximum atomic E-state index is 11.6. The summed E-state index contributed by atoms with van der Waals surface area (Å²) in [5.74, 6) is 0.470. The van der Waals surface area contributed by atoms with Gasteiger partial charge in [-0.3, -0.25) is 14.7 Å². The highest BCUT2D eigenvalue weighted by molar-refractivity contribution is 5.90. The number of carbonyl (C=O) groups is 1. The van der Waals surface area contributed by atoms with Crippen molar-refractivity contribution in [3.63, 3.8) is 0 Å². The van der Waals surface area contributed by atoms with E-state index in [1.54, 1.807) is 6.20 Å². The van der Waals surface area contributed by atoms with Gasteiger partial charge in [-0.05, 0) is 43.4 Å². The number of ether oxygens (including phenoxy) is 1. The first-order valence-corrected chi connectivity index (χ1v) is 9.20. The van der Waals surface area contributed by atoms with Crippen molar-refractivity contribution < 1.29 is 9.53 Å². The largest absolute Gasteiger partial charge is 0.373 e. The van der Waals surface area contributed by atoms with Crippen LogP contribution in [0.3, 0.4) is 0 Å². The molecule has 3 atom stereocenters. The molecule has 2 heterocycles. The molecule has 2 bridgehead atoms. The number of halogens is 1. The Balaban J connectivity index is 0.00000182. The van der Waals surface area contributed by atoms with Gasteiger partial charge in [0.1, 0.15) is 11.3 Å². The molecule has 6 heteroatoms. The summed E-state index contributed by atoms with van der Waals surface area (Å²) >= 11 is 0. The topological polar surface area (TPSA) is 68.5 Å². The summed E-state index contributed by atoms with van der Waals surface area (Å²) < 4.78 is 6.24. The molecular formula is C19H28ClN3O2. The van der Waals surface area contributed by atoms with Gasteiger partial charge in [0.05, 0.1) is 0 Å². The van der Waals surface area contributed by atoms with Crippen molar-refractivity contribution in [1.29, 1.82) is 0 Å². The quantitative estimate of drug-likeness (QED) is 0.890. The van der Waals surface area contributed by atoms with E-state index in [0.29, 0.717) is 17.5 Å². The van der Waals surface area contributed by atoms with Gasteiger partial charge in [-0.15, -0.1) is 12.4 Å². The standard InChI is InChI=1S/C19H27N3O2.ClH/c1-24-19(13-8-9-21-17(10-13)18(20)23)14-4-2-5-15(19)12-22(11-14)16-6-3-7-16;/h8-10,14-16H,2-7,11-12H2,1H3,(H2,20,23);1H/t14-,15+,19-;. The number of hydrogen-bond donors (Lipinski definition) is 1. The minimum atomic E-state index is -0.472. The average Bonchev–Trinajstić information content (AvgIpc) is 2.52. The van der Waals surface area contributed by atoms with Crippen molar-refractivity contribution in [2.75, 3.05) is 20.2 Å². The van der Waals surface area contributed by atoms with Crippen LogP contribution in [0.5, 0.6) is 0 Å². The smallest absolute Gasteiger partial charge is 0.267 e. The second-order valence-corrected chi connectivity index (χ2v) is 7.65. The number of nitrogens with two attached hydrogens (primary N) is 1. The van der Waals surface area contributed by atoms with E-state index in [-0.39, 0.29) is 18.0 Å². The number of fused-ring (bicyclic) bond motifs is 2. The molecule has 1 aliphatic heterocycles. The van der Waals surface area contributed by atoms with Crippen LogP contribution in [-0.2, 0) is 10.3 Å². The van der Waals surface area contributed by atoms with Gasteiger partial charge in [0.15, 0.2) is 0 Å². The Morgan fingerprint density at radius 2 is 1.88 bits per heavy atom. The van der Waals surface area contributed by atoms with Gasteiger partial charge in [0, 0.05) is 44.3 Å². The lowest BCUT2D eigenvalue weighted by Crippen LogP contribution is -2.61. The van der Waals surface area contributed by atoms with Crippen molar-refractivity contribution >= 4 is 18.3 Å². The van der Waals surface area contributed by atoms with E-state index in [2.05, 4.69) is 9.88 Å². The lowest BCUT2D eigenvalue weighted by molar-refractivity contribution is -0.177. The van der Waals surface area contributed by atoms with Gasteiger partial charge in [-0.25, -0.2) is 0 Å². The highest BCUT2D eigenvalue weighted by Gasteiger charge is 2.54. The highest BCUT2D eigenvalue weighted by Crippen LogP contribution is 2.52. The Kier molecular flexibility index (Phi) is 5.37. The Hall–Kier alpha value is -1.17. The van der Waals surface area contributed by atoms with Crippen molar-refractivity contribution in [2.24, 2.45) is 17.6 Å². The van der Waals surface area contributed by atoms with Crippen molar-refractivity contribution in [3.8, 4) is 0 Å². The molecule has 1 aromatic rings. The van der Waals surface area contributed by atoms with E-state index in [9.17, 15) is 4.79 Å². The lowest BCUT2D eigenvalue weighted by atomic mass is 9.62. The molecule has 5 nitrogen and oxygen atoms in total. The highest BCUT2D eigenvalue weighted by atomic mass is 35.5. The second-order valence-electron chi connectivity index (χ2n) is 7.65. The molecule has 25 heavy (non-hydrogen) atoms. The second kappa shape index (κ2) is 7.22. The minimum absolute atomic E-state index is 0. The molecule has 0 radical (unpaired) electrons. The van der Waals surface area contributed by atoms with E-state index in [1.165, 1.54) is 38.5 Å². The number of amides is 1. The minimum Gasteiger partial charge on any atom is -0.373 e. The molecule has 1 aromatic heterocycles. The number of carbonyl (C=O) groups excluding carboxylic acids is 1. The van der Waals surface area contributed by atoms with Crippen LogP contribution in [0.1, 0.15) is 54.6 Å². The first-order chi connectivity index (χ1) is 11.6. The Morgan fingerprint density at radius 3 is 2.40 bits per heavy atom. The van der Waals surface area contributed by atoms with Crippen molar-refractivity contribution in [1.82, 2.24) is 9.88 Å². The number of hydrogen-bond acceptors (Lipinski definition) is 4. The first kappa shape index (κ1) is 18.6. The van der Waals surface area contributed by atoms with E-state index in [0.717, 1.165) is 24.7 Å². The number of pyridine rings is 1. The number of aromatic nitrogens is 1. The van der Waals surface area contributed by atoms with Gasteiger partial charge < -0.3 is 10.5 Å². The van der Waals surface area contributed by atoms with Crippen molar-refractivity contribution in [3.05, 3.63) is 29.6 Å². The summed E-state index contributed by atoms with van der Waals surface area (Å²) in [4.78, 5) is 18.4. The third-order valence-corrected chi connectivity index (χ3v) is 6.62. The monoisotopic (exact) mass is 365 g/mol. The summed E-state index contributed by atoms with van der Waals surface area (Å²) in [6.07, 6.45) is 9.40. The first-order valence-electron chi connectivity index (χ1n) is 9.20. The molecule has 2 aliphatic carbocycles. The fraction of sp³-hybridized carbons (Fsp3) is 0.684. The van der Waals surface area contributed by atoms with E-state index in [4.69, 9.17) is 10.5 Å². The van der Waals surface area contributed by atoms with Crippen LogP contribution in [0.15, 0.2) is 18.3 Å². The summed E-state index contributed by atoms with van der Waals surface area (Å²) in [6.45, 7) is 2.20. The molecule has 1 amide bonds. The lowest BCUT2D eigenvalue weighted by Gasteiger charge is -2.57. The molecule has 3 fully saturated rings. The molecule has 2 N–H and O–H groups in total. The average molecular weight is 366 g/mol. The van der Waals surface area contributed by atoms with Crippen molar-refractivity contribution in [2.45, 2.75) is 50.2 Å². The third kappa shape index (κ3) is 2.96. The zero-order chi connectivity index (χ0) is 16.7. The van der Waals surface area contributed by atoms with Gasteiger partial charge in [0.2, 0.25) is 0 Å². The van der Waals surface area contributed by atoms with Crippen LogP contribution in [0, 0.1) is 11.8 Å². The molecule has 138 valence electrons. The summed E-state index contributed by atoms with van der Waals surface area (Å²) in [6, 6.07) is 4.65. The number of primary amides is 1. The van der Waals surface area contributed by atoms with Gasteiger partial charge in [-0.2, -0.15) is 0 Å². The van der Waals surface area contributed by atoms with Gasteiger partial charge in [0.25, 0.3) is 5.91 Å². The molecule has 0 unspecified atom stereocenters. The van der Waals surface area contributed by atoms with Crippen LogP contribution < -0.4 is 5.73 Å². The summed E-state index contributed by atoms with van der Waals surface area (Å²) in [5, 5.41) is 0. The van der Waals surface area contributed by atoms with E-state index in [1.807, 2.05) is 19.2 Å². The molecule has 0 spiro atoms. The van der Waals surface area contributed by atoms with Crippen LogP contribution in [0.2, 0.25) is 0 Å². The Bertz CT molecular complexity index is 621. The van der Waals surface area contributed by atoms with Crippen LogP contribution >= 0.6 is 12.4 Å². The number of rotatable bonds is 4.